The number of aliphatic hydroxyl groups excluding tert-OH is 2. The molecule has 0 aliphatic carbocycles. The number of rotatable bonds is 1. The van der Waals surface area contributed by atoms with Crippen LogP contribution < -0.4 is 0 Å². The average molecular weight is 130 g/mol. The standard InChI is InChI=1S/C6H10O3/c1-4-2-5(3-7)9-6(4)8/h5-8H,1-3H2/t5-,6?/m1/s1. The molecule has 0 aromatic rings. The summed E-state index contributed by atoms with van der Waals surface area (Å²) in [5, 5.41) is 17.4. The molecule has 1 saturated heterocycles. The molecule has 1 aliphatic rings. The van der Waals surface area contributed by atoms with Crippen molar-refractivity contribution in [2.24, 2.45) is 0 Å². The Labute approximate surface area is 53.6 Å². The van der Waals surface area contributed by atoms with Gasteiger partial charge in [-0.2, -0.15) is 0 Å². The minimum Gasteiger partial charge on any atom is -0.394 e. The Bertz CT molecular complexity index is 121. The Hall–Kier alpha value is -0.380. The van der Waals surface area contributed by atoms with Crippen LogP contribution in [0.2, 0.25) is 0 Å². The van der Waals surface area contributed by atoms with Gasteiger partial charge >= 0.3 is 0 Å². The predicted octanol–water partition coefficient (Wildman–Crippen LogP) is -0.358. The van der Waals surface area contributed by atoms with Gasteiger partial charge in [-0.15, -0.1) is 0 Å². The van der Waals surface area contributed by atoms with Crippen LogP contribution >= 0.6 is 0 Å². The second kappa shape index (κ2) is 2.47. The topological polar surface area (TPSA) is 49.7 Å². The lowest BCUT2D eigenvalue weighted by Gasteiger charge is -2.03. The first-order chi connectivity index (χ1) is 4.24. The first-order valence-electron chi connectivity index (χ1n) is 2.86. The lowest BCUT2D eigenvalue weighted by molar-refractivity contribution is -0.0883. The predicted molar refractivity (Wildman–Crippen MR) is 31.7 cm³/mol. The van der Waals surface area contributed by atoms with E-state index in [9.17, 15) is 0 Å². The van der Waals surface area contributed by atoms with E-state index in [1.165, 1.54) is 0 Å². The third kappa shape index (κ3) is 1.30. The van der Waals surface area contributed by atoms with E-state index in [0.29, 0.717) is 12.0 Å². The maximum atomic E-state index is 8.87. The molecule has 1 heterocycles. The zero-order valence-electron chi connectivity index (χ0n) is 5.08. The molecule has 2 N–H and O–H groups in total. The van der Waals surface area contributed by atoms with Crippen LogP contribution in [0.1, 0.15) is 6.42 Å². The number of ether oxygens (including phenoxy) is 1. The molecule has 1 aliphatic heterocycles. The molecular formula is C6H10O3. The monoisotopic (exact) mass is 130 g/mol. The lowest BCUT2D eigenvalue weighted by atomic mass is 10.2. The zero-order chi connectivity index (χ0) is 6.85. The maximum absolute atomic E-state index is 8.87. The second-order valence-corrected chi connectivity index (χ2v) is 2.16. The van der Waals surface area contributed by atoms with Crippen LogP contribution in [0.15, 0.2) is 12.2 Å². The van der Waals surface area contributed by atoms with Crippen LogP contribution in [-0.4, -0.2) is 29.2 Å². The molecule has 0 spiro atoms. The second-order valence-electron chi connectivity index (χ2n) is 2.16. The molecule has 2 atom stereocenters. The first-order valence-corrected chi connectivity index (χ1v) is 2.86. The highest BCUT2D eigenvalue weighted by Crippen LogP contribution is 2.21. The Morgan fingerprint density at radius 2 is 2.44 bits per heavy atom. The minimum absolute atomic E-state index is 0.0456. The Morgan fingerprint density at radius 1 is 1.78 bits per heavy atom. The summed E-state index contributed by atoms with van der Waals surface area (Å²) >= 11 is 0. The van der Waals surface area contributed by atoms with Crippen molar-refractivity contribution < 1.29 is 14.9 Å². The minimum atomic E-state index is -0.859. The molecule has 3 nitrogen and oxygen atoms in total. The third-order valence-electron chi connectivity index (χ3n) is 1.36. The molecule has 1 rings (SSSR count). The van der Waals surface area contributed by atoms with Crippen LogP contribution in [0.25, 0.3) is 0 Å². The largest absolute Gasteiger partial charge is 0.394 e. The van der Waals surface area contributed by atoms with Crippen molar-refractivity contribution in [3.63, 3.8) is 0 Å². The van der Waals surface area contributed by atoms with Crippen molar-refractivity contribution in [2.75, 3.05) is 6.61 Å². The van der Waals surface area contributed by atoms with Crippen LogP contribution in [0.3, 0.4) is 0 Å². The Balaban J connectivity index is 2.44. The average Bonchev–Trinajstić information content (AvgIpc) is 2.13. The lowest BCUT2D eigenvalue weighted by Crippen LogP contribution is -2.13. The van der Waals surface area contributed by atoms with Crippen molar-refractivity contribution >= 4 is 0 Å². The molecule has 52 valence electrons. The maximum Gasteiger partial charge on any atom is 0.177 e. The molecule has 9 heavy (non-hydrogen) atoms. The fourth-order valence-corrected chi connectivity index (χ4v) is 0.827. The molecule has 0 saturated carbocycles. The number of hydrogen-bond donors (Lipinski definition) is 2. The van der Waals surface area contributed by atoms with E-state index in [4.69, 9.17) is 14.9 Å². The normalized spacial score (nSPS) is 35.6. The highest BCUT2D eigenvalue weighted by Gasteiger charge is 2.25. The van der Waals surface area contributed by atoms with Gasteiger partial charge in [0.1, 0.15) is 0 Å². The van der Waals surface area contributed by atoms with Gasteiger partial charge in [0.25, 0.3) is 0 Å². The van der Waals surface area contributed by atoms with Crippen molar-refractivity contribution in [1.82, 2.24) is 0 Å². The van der Waals surface area contributed by atoms with E-state index in [2.05, 4.69) is 6.58 Å². The van der Waals surface area contributed by atoms with Gasteiger partial charge in [-0.05, 0) is 5.57 Å². The molecule has 0 radical (unpaired) electrons. The van der Waals surface area contributed by atoms with E-state index >= 15 is 0 Å². The molecular weight excluding hydrogens is 120 g/mol. The summed E-state index contributed by atoms with van der Waals surface area (Å²) in [5.74, 6) is 0. The molecule has 3 heteroatoms. The molecule has 0 bridgehead atoms. The van der Waals surface area contributed by atoms with Gasteiger partial charge < -0.3 is 14.9 Å². The third-order valence-corrected chi connectivity index (χ3v) is 1.36. The zero-order valence-corrected chi connectivity index (χ0v) is 5.08. The smallest absolute Gasteiger partial charge is 0.177 e. The van der Waals surface area contributed by atoms with Crippen LogP contribution in [0.4, 0.5) is 0 Å². The first kappa shape index (κ1) is 6.74. The van der Waals surface area contributed by atoms with E-state index in [0.717, 1.165) is 0 Å². The van der Waals surface area contributed by atoms with E-state index in [1.807, 2.05) is 0 Å². The van der Waals surface area contributed by atoms with Gasteiger partial charge in [0.2, 0.25) is 0 Å². The van der Waals surface area contributed by atoms with E-state index < -0.39 is 6.29 Å². The summed E-state index contributed by atoms with van der Waals surface area (Å²) in [7, 11) is 0. The molecule has 1 fully saturated rings. The summed E-state index contributed by atoms with van der Waals surface area (Å²) in [5.41, 5.74) is 0.647. The van der Waals surface area contributed by atoms with Crippen LogP contribution in [0.5, 0.6) is 0 Å². The summed E-state index contributed by atoms with van der Waals surface area (Å²) < 4.78 is 4.83. The van der Waals surface area contributed by atoms with Crippen molar-refractivity contribution in [3.05, 3.63) is 12.2 Å². The molecule has 0 aromatic carbocycles. The van der Waals surface area contributed by atoms with Crippen LogP contribution in [0, 0.1) is 0 Å². The van der Waals surface area contributed by atoms with Gasteiger partial charge in [0.15, 0.2) is 6.29 Å². The van der Waals surface area contributed by atoms with Gasteiger partial charge in [-0.3, -0.25) is 0 Å². The quantitative estimate of drug-likeness (QED) is 0.477. The fraction of sp³-hybridized carbons (Fsp3) is 0.667. The Morgan fingerprint density at radius 3 is 2.67 bits per heavy atom. The molecule has 0 aromatic heterocycles. The summed E-state index contributed by atoms with van der Waals surface area (Å²) in [6.07, 6.45) is -0.535. The highest BCUT2D eigenvalue weighted by molar-refractivity contribution is 5.04. The SMILES string of the molecule is C=C1C[C@H](CO)OC1O. The number of hydrogen-bond acceptors (Lipinski definition) is 3. The number of aliphatic hydroxyl groups is 2. The van der Waals surface area contributed by atoms with E-state index in [-0.39, 0.29) is 12.7 Å². The summed E-state index contributed by atoms with van der Waals surface area (Å²) in [6.45, 7) is 3.50. The van der Waals surface area contributed by atoms with E-state index in [1.54, 1.807) is 0 Å². The Kier molecular flexibility index (Phi) is 1.85. The van der Waals surface area contributed by atoms with Crippen molar-refractivity contribution in [1.29, 1.82) is 0 Å². The van der Waals surface area contributed by atoms with Gasteiger partial charge in [0, 0.05) is 6.42 Å². The van der Waals surface area contributed by atoms with Gasteiger partial charge in [-0.25, -0.2) is 0 Å². The van der Waals surface area contributed by atoms with Gasteiger partial charge in [0.05, 0.1) is 12.7 Å². The summed E-state index contributed by atoms with van der Waals surface area (Å²) in [4.78, 5) is 0. The van der Waals surface area contributed by atoms with Gasteiger partial charge in [-0.1, -0.05) is 6.58 Å². The van der Waals surface area contributed by atoms with Crippen LogP contribution in [-0.2, 0) is 4.74 Å². The fourth-order valence-electron chi connectivity index (χ4n) is 0.827. The summed E-state index contributed by atoms with van der Waals surface area (Å²) in [6, 6.07) is 0. The molecule has 1 unspecified atom stereocenters. The molecule has 0 amide bonds. The van der Waals surface area contributed by atoms with Crippen molar-refractivity contribution in [2.45, 2.75) is 18.8 Å². The van der Waals surface area contributed by atoms with Crippen molar-refractivity contribution in [3.8, 4) is 0 Å². The highest BCUT2D eigenvalue weighted by atomic mass is 16.6.